The van der Waals surface area contributed by atoms with Gasteiger partial charge in [0.2, 0.25) is 17.6 Å². The fourth-order valence-corrected chi connectivity index (χ4v) is 7.65. The first-order chi connectivity index (χ1) is 29.9. The predicted octanol–water partition coefficient (Wildman–Crippen LogP) is 6.28. The Morgan fingerprint density at radius 1 is 0.841 bits per heavy atom. The van der Waals surface area contributed by atoms with E-state index >= 15 is 0 Å². The number of nitrogens with zero attached hydrogens (tertiary/aromatic N) is 4. The Morgan fingerprint density at radius 3 is 2.16 bits per heavy atom. The van der Waals surface area contributed by atoms with Crippen molar-refractivity contribution in [3.05, 3.63) is 77.9 Å². The summed E-state index contributed by atoms with van der Waals surface area (Å²) in [6.07, 6.45) is 2.74. The minimum absolute atomic E-state index is 0.195. The highest BCUT2D eigenvalue weighted by Crippen LogP contribution is 2.32. The van der Waals surface area contributed by atoms with Gasteiger partial charge in [0.15, 0.2) is 0 Å². The van der Waals surface area contributed by atoms with Crippen molar-refractivity contribution in [1.82, 2.24) is 41.5 Å². The second-order valence-corrected chi connectivity index (χ2v) is 18.2. The zero-order chi connectivity index (χ0) is 45.3. The number of methoxy groups -OCH3 is 1. The van der Waals surface area contributed by atoms with Gasteiger partial charge in [0, 0.05) is 60.4 Å². The number of hydrogen-bond donors (Lipinski definition) is 5. The van der Waals surface area contributed by atoms with Gasteiger partial charge in [0.1, 0.15) is 23.0 Å². The van der Waals surface area contributed by atoms with Crippen molar-refractivity contribution in [1.29, 1.82) is 0 Å². The van der Waals surface area contributed by atoms with Gasteiger partial charge < -0.3 is 40.4 Å². The predicted molar refractivity (Wildman–Crippen MR) is 236 cm³/mol. The molecular weight excluding hydrogens is 807 g/mol. The summed E-state index contributed by atoms with van der Waals surface area (Å²) >= 11 is 0. The third kappa shape index (κ3) is 13.2. The molecule has 2 aliphatic rings. The van der Waals surface area contributed by atoms with Gasteiger partial charge in [0.25, 0.3) is 5.91 Å². The smallest absolute Gasteiger partial charge is 0.410 e. The van der Waals surface area contributed by atoms with Crippen LogP contribution in [-0.2, 0) is 25.5 Å². The van der Waals surface area contributed by atoms with Crippen molar-refractivity contribution in [2.75, 3.05) is 32.1 Å². The van der Waals surface area contributed by atoms with Crippen molar-refractivity contribution < 1.29 is 38.2 Å². The third-order valence-electron chi connectivity index (χ3n) is 10.9. The Kier molecular flexibility index (Phi) is 14.7. The standard InChI is InChI=1S/C46H59N9O8/c1-45(2,3)62-43(59)47-26-29-10-14-32(15-11-29)40(56)50-37(42(58)48-34-19-16-31(17-20-34)39-51-53-54-52-39)24-28-8-12-30(13-9-28)36-21-18-33(25-38(36)61-7)41(57)49-35-22-23-55(27-35)44(60)63-46(4,5)6/h8-9,12-13,16-21,25,29,32,35,37H,10-11,14-15,22-24,26-27H2,1-7H3,(H,47,59)(H,48,58)(H,49,57)(H,50,56)(H,51,52,53,54)/t29?,32?,35-,37?/m1/s1. The summed E-state index contributed by atoms with van der Waals surface area (Å²) < 4.78 is 16.6. The number of amides is 5. The van der Waals surface area contributed by atoms with Gasteiger partial charge in [-0.1, -0.05) is 24.3 Å². The molecule has 17 heteroatoms. The molecule has 63 heavy (non-hydrogen) atoms. The van der Waals surface area contributed by atoms with Crippen LogP contribution in [0.4, 0.5) is 15.3 Å². The van der Waals surface area contributed by atoms with Gasteiger partial charge in [-0.05, 0) is 138 Å². The van der Waals surface area contributed by atoms with Gasteiger partial charge in [-0.3, -0.25) is 14.4 Å². The van der Waals surface area contributed by atoms with Gasteiger partial charge in [0.05, 0.1) is 7.11 Å². The number of ether oxygens (including phenoxy) is 3. The molecule has 2 atom stereocenters. The SMILES string of the molecule is COc1cc(C(=O)N[C@@H]2CCN(C(=O)OC(C)(C)C)C2)ccc1-c1ccc(CC(NC(=O)C2CCC(CNC(=O)OC(C)(C)C)CC2)C(=O)Nc2ccc(-c3nn[nH]n3)cc2)cc1. The molecular formula is C46H59N9O8. The maximum absolute atomic E-state index is 13.9. The molecule has 5 amide bonds. The number of carbonyl (C=O) groups excluding carboxylic acids is 5. The van der Waals surface area contributed by atoms with Crippen LogP contribution >= 0.6 is 0 Å². The lowest BCUT2D eigenvalue weighted by Crippen LogP contribution is -2.48. The maximum atomic E-state index is 13.9. The van der Waals surface area contributed by atoms with Crippen LogP contribution in [0.5, 0.6) is 5.75 Å². The minimum atomic E-state index is -0.893. The molecule has 0 spiro atoms. The van der Waals surface area contributed by atoms with Crippen molar-refractivity contribution in [2.45, 2.75) is 103 Å². The average Bonchev–Trinajstić information content (AvgIpc) is 3.96. The average molecular weight is 866 g/mol. The van der Waals surface area contributed by atoms with E-state index in [1.807, 2.05) is 71.9 Å². The highest BCUT2D eigenvalue weighted by Gasteiger charge is 2.32. The lowest BCUT2D eigenvalue weighted by Gasteiger charge is -2.29. The summed E-state index contributed by atoms with van der Waals surface area (Å²) in [4.78, 5) is 67.3. The monoisotopic (exact) mass is 865 g/mol. The van der Waals surface area contributed by atoms with E-state index in [4.69, 9.17) is 14.2 Å². The van der Waals surface area contributed by atoms with Crippen molar-refractivity contribution in [2.24, 2.45) is 11.8 Å². The summed E-state index contributed by atoms with van der Waals surface area (Å²) in [6.45, 7) is 12.2. The Morgan fingerprint density at radius 2 is 1.52 bits per heavy atom. The number of likely N-dealkylation sites (tertiary alicyclic amines) is 1. The van der Waals surface area contributed by atoms with E-state index in [1.165, 1.54) is 0 Å². The molecule has 4 aromatic rings. The van der Waals surface area contributed by atoms with E-state index in [-0.39, 0.29) is 42.0 Å². The summed E-state index contributed by atoms with van der Waals surface area (Å²) in [7, 11) is 1.54. The molecule has 0 radical (unpaired) electrons. The maximum Gasteiger partial charge on any atom is 0.410 e. The normalized spacial score (nSPS) is 18.1. The van der Waals surface area contributed by atoms with E-state index < -0.39 is 29.4 Å². The van der Waals surface area contributed by atoms with Crippen molar-refractivity contribution >= 4 is 35.6 Å². The number of H-pyrrole nitrogens is 1. The molecule has 2 fully saturated rings. The number of hydrogen-bond acceptors (Lipinski definition) is 11. The van der Waals surface area contributed by atoms with Crippen molar-refractivity contribution in [3.8, 4) is 28.3 Å². The molecule has 17 nitrogen and oxygen atoms in total. The number of rotatable bonds is 13. The van der Waals surface area contributed by atoms with Crippen LogP contribution in [0.25, 0.3) is 22.5 Å². The lowest BCUT2D eigenvalue weighted by atomic mass is 9.81. The van der Waals surface area contributed by atoms with Crippen molar-refractivity contribution in [3.63, 3.8) is 0 Å². The number of anilines is 1. The Labute approximate surface area is 367 Å². The van der Waals surface area contributed by atoms with Crippen LogP contribution in [0, 0.1) is 11.8 Å². The van der Waals surface area contributed by atoms with Gasteiger partial charge >= 0.3 is 12.2 Å². The minimum Gasteiger partial charge on any atom is -0.496 e. The fourth-order valence-electron chi connectivity index (χ4n) is 7.65. The zero-order valence-electron chi connectivity index (χ0n) is 37.1. The summed E-state index contributed by atoms with van der Waals surface area (Å²) in [5, 5.41) is 25.9. The third-order valence-corrected chi connectivity index (χ3v) is 10.9. The Bertz CT molecular complexity index is 2210. The molecule has 5 N–H and O–H groups in total. The van der Waals surface area contributed by atoms with Crippen LogP contribution in [0.2, 0.25) is 0 Å². The van der Waals surface area contributed by atoms with Crippen LogP contribution in [-0.4, -0.2) is 105 Å². The second-order valence-electron chi connectivity index (χ2n) is 18.2. The largest absolute Gasteiger partial charge is 0.496 e. The molecule has 1 aromatic heterocycles. The number of aromatic amines is 1. The molecule has 0 bridgehead atoms. The fraction of sp³-hybridized carbons (Fsp3) is 0.478. The highest BCUT2D eigenvalue weighted by molar-refractivity contribution is 5.98. The molecule has 1 saturated carbocycles. The van der Waals surface area contributed by atoms with Crippen LogP contribution < -0.4 is 26.0 Å². The number of tetrazole rings is 1. The molecule has 336 valence electrons. The van der Waals surface area contributed by atoms with Gasteiger partial charge in [-0.25, -0.2) is 9.59 Å². The van der Waals surface area contributed by atoms with Gasteiger partial charge in [-0.15, -0.1) is 10.2 Å². The first-order valence-electron chi connectivity index (χ1n) is 21.4. The molecule has 1 saturated heterocycles. The Hall–Kier alpha value is -6.52. The Balaban J connectivity index is 1.10. The topological polar surface area (TPSA) is 219 Å². The molecule has 3 aromatic carbocycles. The zero-order valence-corrected chi connectivity index (χ0v) is 37.1. The number of aromatic nitrogens is 4. The highest BCUT2D eigenvalue weighted by atomic mass is 16.6. The van der Waals surface area contributed by atoms with Crippen LogP contribution in [0.1, 0.15) is 89.6 Å². The molecule has 1 unspecified atom stereocenters. The summed E-state index contributed by atoms with van der Waals surface area (Å²) in [6, 6.07) is 18.8. The van der Waals surface area contributed by atoms with E-state index in [9.17, 15) is 24.0 Å². The summed E-state index contributed by atoms with van der Waals surface area (Å²) in [5.74, 6) is 0.0195. The van der Waals surface area contributed by atoms with Crippen LogP contribution in [0.3, 0.4) is 0 Å². The summed E-state index contributed by atoms with van der Waals surface area (Å²) in [5.41, 5.74) is 2.90. The molecule has 2 heterocycles. The first kappa shape index (κ1) is 46.0. The number of nitrogens with one attached hydrogen (secondary N) is 5. The van der Waals surface area contributed by atoms with E-state index in [2.05, 4.69) is 41.9 Å². The number of benzene rings is 3. The second kappa shape index (κ2) is 20.1. The number of alkyl carbamates (subject to hydrolysis) is 1. The number of carbonyl (C=O) groups is 5. The first-order valence-corrected chi connectivity index (χ1v) is 21.4. The van der Waals surface area contributed by atoms with E-state index in [0.717, 1.165) is 35.1 Å². The molecule has 1 aliphatic carbocycles. The van der Waals surface area contributed by atoms with E-state index in [0.29, 0.717) is 61.7 Å². The van der Waals surface area contributed by atoms with E-state index in [1.54, 1.807) is 48.4 Å². The molecule has 1 aliphatic heterocycles. The quantitative estimate of drug-likeness (QED) is 0.101. The molecule has 6 rings (SSSR count). The van der Waals surface area contributed by atoms with Crippen LogP contribution in [0.15, 0.2) is 66.7 Å². The van der Waals surface area contributed by atoms with Gasteiger partial charge in [-0.2, -0.15) is 5.21 Å². The lowest BCUT2D eigenvalue weighted by molar-refractivity contribution is -0.130.